The number of anilines is 2. The van der Waals surface area contributed by atoms with Crippen LogP contribution in [0, 0.1) is 0 Å². The molecule has 0 amide bonds. The molecule has 1 fully saturated rings. The molecule has 1 unspecified atom stereocenters. The number of hydrogen-bond acceptors (Lipinski definition) is 4. The van der Waals surface area contributed by atoms with Crippen LogP contribution in [0.4, 0.5) is 11.5 Å². The summed E-state index contributed by atoms with van der Waals surface area (Å²) in [6, 6.07) is 4.02. The fourth-order valence-electron chi connectivity index (χ4n) is 2.06. The lowest BCUT2D eigenvalue weighted by Crippen LogP contribution is -2.29. The maximum atomic E-state index is 9.93. The summed E-state index contributed by atoms with van der Waals surface area (Å²) in [6.45, 7) is 6.41. The van der Waals surface area contributed by atoms with E-state index in [1.165, 1.54) is 0 Å². The number of nitrogens with zero attached hydrogens (tertiary/aromatic N) is 2. The summed E-state index contributed by atoms with van der Waals surface area (Å²) < 4.78 is 0. The van der Waals surface area contributed by atoms with Crippen LogP contribution in [0.25, 0.3) is 0 Å². The average molecular weight is 221 g/mol. The minimum Gasteiger partial charge on any atom is -0.388 e. The van der Waals surface area contributed by atoms with Gasteiger partial charge in [-0.3, -0.25) is 0 Å². The third-order valence-corrected chi connectivity index (χ3v) is 2.92. The Morgan fingerprint density at radius 2 is 2.44 bits per heavy atom. The Balaban J connectivity index is 2.12. The van der Waals surface area contributed by atoms with Gasteiger partial charge in [0.15, 0.2) is 0 Å². The molecular formula is C12H19N3O. The minimum absolute atomic E-state index is 0.554. The summed E-state index contributed by atoms with van der Waals surface area (Å²) in [5.74, 6) is 0.895. The van der Waals surface area contributed by atoms with Crippen LogP contribution < -0.4 is 10.2 Å². The normalized spacial score (nSPS) is 24.8. The highest BCUT2D eigenvalue weighted by Gasteiger charge is 2.31. The number of aromatic nitrogens is 1. The number of hydrogen-bond donors (Lipinski definition) is 2. The predicted molar refractivity (Wildman–Crippen MR) is 65.9 cm³/mol. The first-order valence-corrected chi connectivity index (χ1v) is 5.78. The van der Waals surface area contributed by atoms with Crippen LogP contribution in [0.3, 0.4) is 0 Å². The van der Waals surface area contributed by atoms with Crippen molar-refractivity contribution in [2.24, 2.45) is 0 Å². The summed E-state index contributed by atoms with van der Waals surface area (Å²) in [5, 5.41) is 13.1. The average Bonchev–Trinajstić information content (AvgIpc) is 2.60. The van der Waals surface area contributed by atoms with Crippen LogP contribution in [0.15, 0.2) is 18.3 Å². The number of pyridine rings is 1. The van der Waals surface area contributed by atoms with Gasteiger partial charge in [-0.2, -0.15) is 0 Å². The zero-order valence-corrected chi connectivity index (χ0v) is 9.90. The Hall–Kier alpha value is -1.29. The van der Waals surface area contributed by atoms with E-state index in [4.69, 9.17) is 0 Å². The topological polar surface area (TPSA) is 48.4 Å². The zero-order valence-electron chi connectivity index (χ0n) is 9.90. The van der Waals surface area contributed by atoms with Crippen LogP contribution in [-0.2, 0) is 0 Å². The van der Waals surface area contributed by atoms with Crippen molar-refractivity contribution in [1.82, 2.24) is 4.98 Å². The molecule has 1 atom stereocenters. The maximum absolute atomic E-state index is 9.93. The second-order valence-electron chi connectivity index (χ2n) is 4.60. The van der Waals surface area contributed by atoms with Crippen molar-refractivity contribution in [2.75, 3.05) is 29.9 Å². The molecule has 1 saturated heterocycles. The highest BCUT2D eigenvalue weighted by molar-refractivity contribution is 5.54. The molecule has 1 aromatic rings. The molecule has 88 valence electrons. The first-order chi connectivity index (χ1) is 7.61. The fourth-order valence-corrected chi connectivity index (χ4v) is 2.06. The second-order valence-corrected chi connectivity index (χ2v) is 4.60. The molecule has 0 aromatic carbocycles. The lowest BCUT2D eigenvalue weighted by Gasteiger charge is -2.21. The maximum Gasteiger partial charge on any atom is 0.127 e. The van der Waals surface area contributed by atoms with Gasteiger partial charge in [0, 0.05) is 37.6 Å². The van der Waals surface area contributed by atoms with Gasteiger partial charge in [-0.25, -0.2) is 4.98 Å². The monoisotopic (exact) mass is 221 g/mol. The van der Waals surface area contributed by atoms with Crippen LogP contribution in [0.1, 0.15) is 20.3 Å². The van der Waals surface area contributed by atoms with Gasteiger partial charge >= 0.3 is 0 Å². The van der Waals surface area contributed by atoms with Crippen molar-refractivity contribution in [1.29, 1.82) is 0 Å². The largest absolute Gasteiger partial charge is 0.388 e. The molecule has 2 N–H and O–H groups in total. The van der Waals surface area contributed by atoms with Crippen molar-refractivity contribution in [2.45, 2.75) is 25.9 Å². The Kier molecular flexibility index (Phi) is 3.01. The van der Waals surface area contributed by atoms with E-state index in [0.717, 1.165) is 31.0 Å². The molecule has 4 nitrogen and oxygen atoms in total. The third-order valence-electron chi connectivity index (χ3n) is 2.92. The molecule has 0 saturated carbocycles. The van der Waals surface area contributed by atoms with Crippen LogP contribution in [0.5, 0.6) is 0 Å². The lowest BCUT2D eigenvalue weighted by molar-refractivity contribution is 0.0839. The quantitative estimate of drug-likeness (QED) is 0.811. The number of β-amino-alcohol motifs (C(OH)–C–C–N with tert-alkyl or cyclic N) is 1. The van der Waals surface area contributed by atoms with Crippen molar-refractivity contribution in [3.63, 3.8) is 0 Å². The highest BCUT2D eigenvalue weighted by Crippen LogP contribution is 2.27. The number of aliphatic hydroxyl groups is 1. The first kappa shape index (κ1) is 11.2. The SMILES string of the molecule is CCNc1cc(N2CCC(C)(O)C2)ccn1. The van der Waals surface area contributed by atoms with E-state index < -0.39 is 5.60 Å². The van der Waals surface area contributed by atoms with Gasteiger partial charge in [0.25, 0.3) is 0 Å². The van der Waals surface area contributed by atoms with E-state index >= 15 is 0 Å². The number of rotatable bonds is 3. The summed E-state index contributed by atoms with van der Waals surface area (Å²) in [4.78, 5) is 6.43. The van der Waals surface area contributed by atoms with Gasteiger partial charge in [0.2, 0.25) is 0 Å². The molecule has 0 aliphatic carbocycles. The van der Waals surface area contributed by atoms with Crippen molar-refractivity contribution >= 4 is 11.5 Å². The molecule has 0 spiro atoms. The van der Waals surface area contributed by atoms with Crippen LogP contribution >= 0.6 is 0 Å². The molecule has 1 aliphatic heterocycles. The molecule has 1 aromatic heterocycles. The Morgan fingerprint density at radius 3 is 3.06 bits per heavy atom. The second kappa shape index (κ2) is 4.29. The summed E-state index contributed by atoms with van der Waals surface area (Å²) in [5.41, 5.74) is 0.574. The molecule has 0 bridgehead atoms. The van der Waals surface area contributed by atoms with E-state index in [9.17, 15) is 5.11 Å². The molecule has 0 radical (unpaired) electrons. The smallest absolute Gasteiger partial charge is 0.127 e. The van der Waals surface area contributed by atoms with Gasteiger partial charge in [0.05, 0.1) is 5.60 Å². The Labute approximate surface area is 96.3 Å². The van der Waals surface area contributed by atoms with E-state index in [0.29, 0.717) is 6.54 Å². The number of nitrogens with one attached hydrogen (secondary N) is 1. The van der Waals surface area contributed by atoms with Crippen molar-refractivity contribution in [3.8, 4) is 0 Å². The van der Waals surface area contributed by atoms with Crippen molar-refractivity contribution < 1.29 is 5.11 Å². The lowest BCUT2D eigenvalue weighted by atomic mass is 10.1. The van der Waals surface area contributed by atoms with Crippen molar-refractivity contribution in [3.05, 3.63) is 18.3 Å². The van der Waals surface area contributed by atoms with Gasteiger partial charge in [0.1, 0.15) is 5.82 Å². The summed E-state index contributed by atoms with van der Waals surface area (Å²) in [7, 11) is 0. The third kappa shape index (κ3) is 2.44. The minimum atomic E-state index is -0.554. The summed E-state index contributed by atoms with van der Waals surface area (Å²) >= 11 is 0. The van der Waals surface area contributed by atoms with E-state index in [-0.39, 0.29) is 0 Å². The molecule has 2 heterocycles. The van der Waals surface area contributed by atoms with Gasteiger partial charge in [-0.05, 0) is 26.3 Å². The fraction of sp³-hybridized carbons (Fsp3) is 0.583. The van der Waals surface area contributed by atoms with Gasteiger partial charge in [-0.1, -0.05) is 0 Å². The van der Waals surface area contributed by atoms with E-state index in [2.05, 4.69) is 22.1 Å². The summed E-state index contributed by atoms with van der Waals surface area (Å²) in [6.07, 6.45) is 2.63. The standard InChI is InChI=1S/C12H19N3O/c1-3-13-11-8-10(4-6-14-11)15-7-5-12(2,16)9-15/h4,6,8,16H,3,5,7,9H2,1-2H3,(H,13,14). The van der Waals surface area contributed by atoms with Gasteiger partial charge in [-0.15, -0.1) is 0 Å². The first-order valence-electron chi connectivity index (χ1n) is 5.78. The Morgan fingerprint density at radius 1 is 1.62 bits per heavy atom. The van der Waals surface area contributed by atoms with E-state index in [1.54, 1.807) is 6.20 Å². The highest BCUT2D eigenvalue weighted by atomic mass is 16.3. The van der Waals surface area contributed by atoms with Gasteiger partial charge < -0.3 is 15.3 Å². The van der Waals surface area contributed by atoms with Crippen LogP contribution in [0.2, 0.25) is 0 Å². The predicted octanol–water partition coefficient (Wildman–Crippen LogP) is 1.47. The Bertz CT molecular complexity index is 365. The van der Waals surface area contributed by atoms with E-state index in [1.807, 2.05) is 19.1 Å². The molecule has 16 heavy (non-hydrogen) atoms. The molecule has 1 aliphatic rings. The zero-order chi connectivity index (χ0) is 11.6. The molecular weight excluding hydrogens is 202 g/mol. The molecule has 2 rings (SSSR count). The van der Waals surface area contributed by atoms with Crippen LogP contribution in [-0.4, -0.2) is 35.3 Å². The molecule has 4 heteroatoms.